The summed E-state index contributed by atoms with van der Waals surface area (Å²) in [6.07, 6.45) is 1.65. The molecule has 1 aromatic heterocycles. The number of hydrogen-bond donors (Lipinski definition) is 2. The van der Waals surface area contributed by atoms with E-state index in [1.807, 2.05) is 45.0 Å². The fourth-order valence-corrected chi connectivity index (χ4v) is 7.13. The van der Waals surface area contributed by atoms with Gasteiger partial charge in [-0.3, -0.25) is 9.89 Å². The van der Waals surface area contributed by atoms with Gasteiger partial charge < -0.3 is 15.0 Å². The second-order valence-corrected chi connectivity index (χ2v) is 13.5. The molecule has 2 aliphatic rings. The van der Waals surface area contributed by atoms with E-state index in [2.05, 4.69) is 15.5 Å². The molecule has 5 rings (SSSR count). The summed E-state index contributed by atoms with van der Waals surface area (Å²) in [7, 11) is -0.358. The van der Waals surface area contributed by atoms with Crippen LogP contribution in [0, 0.1) is 11.6 Å². The Labute approximate surface area is 238 Å². The average Bonchev–Trinajstić information content (AvgIpc) is 3.32. The van der Waals surface area contributed by atoms with Crippen LogP contribution in [0.25, 0.3) is 0 Å². The first kappa shape index (κ1) is 29.2. The molecule has 0 spiro atoms. The monoisotopic (exact) mass is 587 g/mol. The van der Waals surface area contributed by atoms with Crippen LogP contribution in [0.1, 0.15) is 54.0 Å². The zero-order chi connectivity index (χ0) is 29.5. The molecule has 0 amide bonds. The normalized spacial score (nSPS) is 17.7. The molecule has 0 saturated carbocycles. The molecule has 0 unspecified atom stereocenters. The van der Waals surface area contributed by atoms with Crippen LogP contribution in [0.3, 0.4) is 0 Å². The highest BCUT2D eigenvalue weighted by Gasteiger charge is 2.41. The fraction of sp³-hybridized carbons (Fsp3) is 0.448. The van der Waals surface area contributed by atoms with Gasteiger partial charge in [-0.2, -0.15) is 9.40 Å². The second-order valence-electron chi connectivity index (χ2n) is 11.5. The van der Waals surface area contributed by atoms with Crippen molar-refractivity contribution in [2.45, 2.75) is 56.0 Å². The first-order chi connectivity index (χ1) is 19.3. The molecule has 3 heterocycles. The number of anilines is 2. The number of carbonyl (C=O) groups is 1. The van der Waals surface area contributed by atoms with Crippen molar-refractivity contribution in [3.8, 4) is 0 Å². The molecule has 0 radical (unpaired) electrons. The van der Waals surface area contributed by atoms with Gasteiger partial charge in [0.25, 0.3) is 0 Å². The van der Waals surface area contributed by atoms with Gasteiger partial charge in [0.1, 0.15) is 11.6 Å². The van der Waals surface area contributed by atoms with Crippen LogP contribution in [-0.4, -0.2) is 68.6 Å². The fourth-order valence-electron chi connectivity index (χ4n) is 5.51. The molecule has 0 aliphatic carbocycles. The number of sulfonamides is 1. The molecule has 12 heteroatoms. The average molecular weight is 588 g/mol. The van der Waals surface area contributed by atoms with Crippen molar-refractivity contribution in [3.63, 3.8) is 0 Å². The molecule has 2 aromatic carbocycles. The number of carbonyl (C=O) groups excluding carboxylic acids is 1. The number of aromatic amines is 1. The highest BCUT2D eigenvalue weighted by atomic mass is 32.2. The quantitative estimate of drug-likeness (QED) is 0.380. The van der Waals surface area contributed by atoms with Gasteiger partial charge in [-0.1, -0.05) is 13.8 Å². The molecule has 1 fully saturated rings. The van der Waals surface area contributed by atoms with Gasteiger partial charge >= 0.3 is 0 Å². The van der Waals surface area contributed by atoms with E-state index in [0.717, 1.165) is 36.3 Å². The number of rotatable bonds is 8. The highest BCUT2D eigenvalue weighted by Crippen LogP contribution is 2.37. The molecule has 2 aliphatic heterocycles. The van der Waals surface area contributed by atoms with Crippen molar-refractivity contribution in [2.24, 2.45) is 0 Å². The van der Waals surface area contributed by atoms with Crippen LogP contribution in [0.4, 0.5) is 20.2 Å². The lowest BCUT2D eigenvalue weighted by atomic mass is 9.83. The van der Waals surface area contributed by atoms with Gasteiger partial charge in [-0.25, -0.2) is 17.2 Å². The summed E-state index contributed by atoms with van der Waals surface area (Å²) in [4.78, 5) is 15.2. The molecule has 0 atom stereocenters. The third-order valence-electron chi connectivity index (χ3n) is 7.71. The van der Waals surface area contributed by atoms with Crippen LogP contribution in [0.2, 0.25) is 0 Å². The molecule has 1 saturated heterocycles. The number of ketones is 1. The molecule has 220 valence electrons. The first-order valence-corrected chi connectivity index (χ1v) is 15.0. The molecular formula is C29H35F2N5O4S. The number of Topliss-reactive ketones (excluding diaryl/α,β-unsaturated/α-hetero) is 1. The second kappa shape index (κ2) is 11.1. The largest absolute Gasteiger partial charge is 0.381 e. The molecular weight excluding hydrogens is 552 g/mol. The number of nitrogens with zero attached hydrogens (tertiary/aromatic N) is 3. The number of hydrogen-bond acceptors (Lipinski definition) is 7. The van der Waals surface area contributed by atoms with Gasteiger partial charge in [0, 0.05) is 86.1 Å². The topological polar surface area (TPSA) is 108 Å². The van der Waals surface area contributed by atoms with Gasteiger partial charge in [0.2, 0.25) is 10.0 Å². The SMILES string of the molecule is CN(C)c1ccc(C(=O)Cc2[nH]nc3c2CN(S(=O)(=O)c2cc(F)cc(F)c2)CC3(C)C)c(NC2CCOCC2)c1. The summed E-state index contributed by atoms with van der Waals surface area (Å²) in [6.45, 7) is 5.00. The number of aromatic nitrogens is 2. The maximum absolute atomic E-state index is 13.9. The van der Waals surface area contributed by atoms with Gasteiger partial charge in [-0.15, -0.1) is 0 Å². The number of nitrogens with one attached hydrogen (secondary N) is 2. The van der Waals surface area contributed by atoms with Gasteiger partial charge in [0.15, 0.2) is 5.78 Å². The number of halogens is 2. The lowest BCUT2D eigenvalue weighted by molar-refractivity contribution is 0.0904. The van der Waals surface area contributed by atoms with Crippen molar-refractivity contribution in [3.05, 3.63) is 70.5 Å². The first-order valence-electron chi connectivity index (χ1n) is 13.6. The number of benzene rings is 2. The highest BCUT2D eigenvalue weighted by molar-refractivity contribution is 7.89. The van der Waals surface area contributed by atoms with Crippen molar-refractivity contribution in [2.75, 3.05) is 44.1 Å². The van der Waals surface area contributed by atoms with Crippen molar-refractivity contribution >= 4 is 27.2 Å². The Hall–Kier alpha value is -3.35. The van der Waals surface area contributed by atoms with Gasteiger partial charge in [-0.05, 0) is 43.2 Å². The van der Waals surface area contributed by atoms with Crippen LogP contribution in [0.5, 0.6) is 0 Å². The molecule has 9 nitrogen and oxygen atoms in total. The Morgan fingerprint density at radius 1 is 1.15 bits per heavy atom. The molecule has 2 N–H and O–H groups in total. The lowest BCUT2D eigenvalue weighted by Gasteiger charge is -2.36. The zero-order valence-electron chi connectivity index (χ0n) is 23.6. The minimum absolute atomic E-state index is 0.0232. The van der Waals surface area contributed by atoms with E-state index >= 15 is 0 Å². The smallest absolute Gasteiger partial charge is 0.243 e. The summed E-state index contributed by atoms with van der Waals surface area (Å²) in [5.74, 6) is -2.09. The van der Waals surface area contributed by atoms with Crippen LogP contribution < -0.4 is 10.2 Å². The van der Waals surface area contributed by atoms with Crippen LogP contribution in [0.15, 0.2) is 41.3 Å². The predicted octanol–water partition coefficient (Wildman–Crippen LogP) is 4.25. The minimum atomic E-state index is -4.23. The molecule has 3 aromatic rings. The van der Waals surface area contributed by atoms with Crippen molar-refractivity contribution in [1.29, 1.82) is 0 Å². The molecule has 41 heavy (non-hydrogen) atoms. The third kappa shape index (κ3) is 6.00. The van der Waals surface area contributed by atoms with E-state index in [0.29, 0.717) is 41.8 Å². The summed E-state index contributed by atoms with van der Waals surface area (Å²) in [6, 6.07) is 8.09. The van der Waals surface area contributed by atoms with E-state index in [4.69, 9.17) is 4.74 Å². The maximum atomic E-state index is 13.9. The predicted molar refractivity (Wildman–Crippen MR) is 152 cm³/mol. The Bertz CT molecular complexity index is 1540. The number of H-pyrrole nitrogens is 1. The maximum Gasteiger partial charge on any atom is 0.243 e. The van der Waals surface area contributed by atoms with Gasteiger partial charge in [0.05, 0.1) is 17.0 Å². The summed E-state index contributed by atoms with van der Waals surface area (Å²) in [5.41, 5.74) is 3.27. The van der Waals surface area contributed by atoms with Crippen molar-refractivity contribution in [1.82, 2.24) is 14.5 Å². The van der Waals surface area contributed by atoms with E-state index < -0.39 is 32.0 Å². The lowest BCUT2D eigenvalue weighted by Crippen LogP contribution is -2.45. The Kier molecular flexibility index (Phi) is 7.92. The minimum Gasteiger partial charge on any atom is -0.381 e. The number of fused-ring (bicyclic) bond motifs is 1. The van der Waals surface area contributed by atoms with Crippen molar-refractivity contribution < 1.29 is 26.7 Å². The standard InChI is InChI=1S/C29H35F2N5O4S/c1-29(2)17-36(41(38,39)22-12-18(30)11-19(31)13-22)16-24-26(33-34-28(24)29)15-27(37)23-6-5-21(35(3)4)14-25(23)32-20-7-9-40-10-8-20/h5-6,11-14,20,32H,7-10,15-17H2,1-4H3,(H,33,34). The van der Waals surface area contributed by atoms with E-state index in [-0.39, 0.29) is 31.3 Å². The van der Waals surface area contributed by atoms with Crippen LogP contribution in [-0.2, 0) is 33.1 Å². The third-order valence-corrected chi connectivity index (χ3v) is 9.48. The Morgan fingerprint density at radius 2 is 1.83 bits per heavy atom. The van der Waals surface area contributed by atoms with E-state index in [1.165, 1.54) is 4.31 Å². The van der Waals surface area contributed by atoms with E-state index in [9.17, 15) is 22.0 Å². The van der Waals surface area contributed by atoms with E-state index in [1.54, 1.807) is 6.07 Å². The summed E-state index contributed by atoms with van der Waals surface area (Å²) >= 11 is 0. The Morgan fingerprint density at radius 3 is 2.49 bits per heavy atom. The molecule has 0 bridgehead atoms. The zero-order valence-corrected chi connectivity index (χ0v) is 24.4. The summed E-state index contributed by atoms with van der Waals surface area (Å²) < 4.78 is 61.4. The Balaban J connectivity index is 1.44. The van der Waals surface area contributed by atoms with Crippen LogP contribution >= 0.6 is 0 Å². The summed E-state index contributed by atoms with van der Waals surface area (Å²) in [5, 5.41) is 11.0. The number of ether oxygens (including phenoxy) is 1.